The smallest absolute Gasteiger partial charge is 0.208 e. The largest absolute Gasteiger partial charge is 0.502 e. The lowest BCUT2D eigenvalue weighted by atomic mass is 10.0. The molecule has 2 rings (SSSR count). The first-order chi connectivity index (χ1) is 13.0. The fraction of sp³-hybridized carbons (Fsp3) is 0.350. The first kappa shape index (κ1) is 20.4. The molecular formula is C20H24O7. The predicted molar refractivity (Wildman–Crippen MR) is 99.5 cm³/mol. The van der Waals surface area contributed by atoms with Gasteiger partial charge >= 0.3 is 0 Å². The zero-order valence-corrected chi connectivity index (χ0v) is 15.9. The van der Waals surface area contributed by atoms with E-state index in [9.17, 15) is 9.90 Å². The van der Waals surface area contributed by atoms with Crippen molar-refractivity contribution >= 4 is 11.5 Å². The van der Waals surface area contributed by atoms with Gasteiger partial charge in [-0.2, -0.15) is 0 Å². The average Bonchev–Trinajstić information content (AvgIpc) is 2.69. The van der Waals surface area contributed by atoms with Crippen LogP contribution in [0.3, 0.4) is 0 Å². The molecule has 0 atom stereocenters. The standard InChI is InChI=1S/C20H24O7/c1-23-10-9-14(24-2)6-7-15-12-16(21)19(22)20(27-15)13-5-8-17(25-3)18(11-13)26-4/h5,7-9,11,22H,6,10,12H2,1-4H3/b14-9+,15-7+. The lowest BCUT2D eigenvalue weighted by molar-refractivity contribution is -0.118. The van der Waals surface area contributed by atoms with Crippen molar-refractivity contribution in [1.29, 1.82) is 0 Å². The predicted octanol–water partition coefficient (Wildman–Crippen LogP) is 3.37. The number of hydrogen-bond donors (Lipinski definition) is 1. The molecule has 27 heavy (non-hydrogen) atoms. The molecule has 0 aliphatic carbocycles. The van der Waals surface area contributed by atoms with Crippen LogP contribution in [0.4, 0.5) is 0 Å². The Kier molecular flexibility index (Phi) is 7.31. The first-order valence-corrected chi connectivity index (χ1v) is 8.31. The molecule has 1 aromatic rings. The molecule has 0 saturated carbocycles. The van der Waals surface area contributed by atoms with E-state index in [0.717, 1.165) is 0 Å². The van der Waals surface area contributed by atoms with E-state index in [1.54, 1.807) is 44.6 Å². The molecule has 0 unspecified atom stereocenters. The molecule has 0 fully saturated rings. The third-order valence-corrected chi connectivity index (χ3v) is 3.96. The van der Waals surface area contributed by atoms with E-state index in [-0.39, 0.29) is 12.2 Å². The first-order valence-electron chi connectivity index (χ1n) is 8.31. The molecule has 7 nitrogen and oxygen atoms in total. The summed E-state index contributed by atoms with van der Waals surface area (Å²) in [6, 6.07) is 5.00. The van der Waals surface area contributed by atoms with Crippen molar-refractivity contribution < 1.29 is 33.6 Å². The van der Waals surface area contributed by atoms with Gasteiger partial charge in [-0.1, -0.05) is 0 Å². The average molecular weight is 376 g/mol. The van der Waals surface area contributed by atoms with Crippen LogP contribution in [0.15, 0.2) is 47.6 Å². The van der Waals surface area contributed by atoms with Crippen molar-refractivity contribution in [1.82, 2.24) is 0 Å². The number of carbonyl (C=O) groups is 1. The lowest BCUT2D eigenvalue weighted by Gasteiger charge is -2.20. The van der Waals surface area contributed by atoms with E-state index in [1.807, 2.05) is 0 Å². The Bertz CT molecular complexity index is 775. The fourth-order valence-corrected chi connectivity index (χ4v) is 2.51. The van der Waals surface area contributed by atoms with E-state index >= 15 is 0 Å². The minimum Gasteiger partial charge on any atom is -0.502 e. The third-order valence-electron chi connectivity index (χ3n) is 3.96. The summed E-state index contributed by atoms with van der Waals surface area (Å²) in [5.41, 5.74) is 0.506. The summed E-state index contributed by atoms with van der Waals surface area (Å²) in [6.07, 6.45) is 3.95. The molecule has 1 aliphatic heterocycles. The second-order valence-electron chi connectivity index (χ2n) is 5.65. The molecule has 0 saturated heterocycles. The van der Waals surface area contributed by atoms with Gasteiger partial charge in [-0.3, -0.25) is 4.79 Å². The van der Waals surface area contributed by atoms with Gasteiger partial charge in [0.05, 0.1) is 40.1 Å². The third kappa shape index (κ3) is 5.04. The lowest BCUT2D eigenvalue weighted by Crippen LogP contribution is -2.15. The van der Waals surface area contributed by atoms with Gasteiger partial charge in [0.25, 0.3) is 0 Å². The van der Waals surface area contributed by atoms with Gasteiger partial charge < -0.3 is 28.8 Å². The van der Waals surface area contributed by atoms with Crippen LogP contribution in [-0.2, 0) is 19.0 Å². The summed E-state index contributed by atoms with van der Waals surface area (Å²) < 4.78 is 26.5. The summed E-state index contributed by atoms with van der Waals surface area (Å²) in [6.45, 7) is 0.420. The molecular weight excluding hydrogens is 352 g/mol. The quantitative estimate of drug-likeness (QED) is 0.697. The van der Waals surface area contributed by atoms with Crippen LogP contribution in [0.2, 0.25) is 0 Å². The van der Waals surface area contributed by atoms with Crippen molar-refractivity contribution in [2.75, 3.05) is 35.0 Å². The van der Waals surface area contributed by atoms with Crippen molar-refractivity contribution in [2.24, 2.45) is 0 Å². The van der Waals surface area contributed by atoms with E-state index < -0.39 is 11.5 Å². The molecule has 146 valence electrons. The summed E-state index contributed by atoms with van der Waals surface area (Å²) in [5.74, 6) is 1.37. The van der Waals surface area contributed by atoms with Crippen LogP contribution in [0.1, 0.15) is 18.4 Å². The van der Waals surface area contributed by atoms with Crippen LogP contribution in [0, 0.1) is 0 Å². The second-order valence-corrected chi connectivity index (χ2v) is 5.65. The van der Waals surface area contributed by atoms with Crippen molar-refractivity contribution in [3.8, 4) is 11.5 Å². The van der Waals surface area contributed by atoms with Gasteiger partial charge in [0.2, 0.25) is 11.5 Å². The number of methoxy groups -OCH3 is 4. The number of rotatable bonds is 8. The summed E-state index contributed by atoms with van der Waals surface area (Å²) in [5, 5.41) is 10.2. The monoisotopic (exact) mass is 376 g/mol. The number of hydrogen-bond acceptors (Lipinski definition) is 7. The Balaban J connectivity index is 2.28. The summed E-state index contributed by atoms with van der Waals surface area (Å²) in [4.78, 5) is 12.2. The number of aliphatic hydroxyl groups excluding tert-OH is 1. The SMILES string of the molecule is COC/C=C(\C/C=C1\CC(=O)C(O)=C(c2ccc(OC)c(OC)c2)O1)OC. The highest BCUT2D eigenvalue weighted by Crippen LogP contribution is 2.35. The van der Waals surface area contributed by atoms with E-state index in [0.29, 0.717) is 41.6 Å². The van der Waals surface area contributed by atoms with Gasteiger partial charge in [-0.25, -0.2) is 0 Å². The highest BCUT2D eigenvalue weighted by molar-refractivity contribution is 6.02. The highest BCUT2D eigenvalue weighted by Gasteiger charge is 2.27. The van der Waals surface area contributed by atoms with Crippen molar-refractivity contribution in [2.45, 2.75) is 12.8 Å². The fourth-order valence-electron chi connectivity index (χ4n) is 2.51. The van der Waals surface area contributed by atoms with Crippen molar-refractivity contribution in [3.63, 3.8) is 0 Å². The second kappa shape index (κ2) is 9.68. The summed E-state index contributed by atoms with van der Waals surface area (Å²) in [7, 11) is 6.19. The van der Waals surface area contributed by atoms with E-state index in [1.165, 1.54) is 14.2 Å². The van der Waals surface area contributed by atoms with Gasteiger partial charge in [0.1, 0.15) is 5.76 Å². The maximum atomic E-state index is 12.2. The zero-order valence-electron chi connectivity index (χ0n) is 15.9. The maximum Gasteiger partial charge on any atom is 0.208 e. The highest BCUT2D eigenvalue weighted by atomic mass is 16.5. The molecule has 0 aromatic heterocycles. The normalized spacial score (nSPS) is 16.4. The Labute approximate surface area is 158 Å². The van der Waals surface area contributed by atoms with Crippen LogP contribution in [0.25, 0.3) is 5.76 Å². The molecule has 1 aliphatic rings. The number of aliphatic hydroxyl groups is 1. The molecule has 1 heterocycles. The maximum absolute atomic E-state index is 12.2. The number of Topliss-reactive ketones (excluding diaryl/α,β-unsaturated/α-hetero) is 1. The topological polar surface area (TPSA) is 83.5 Å². The van der Waals surface area contributed by atoms with Gasteiger partial charge in [-0.05, 0) is 30.4 Å². The van der Waals surface area contributed by atoms with Crippen LogP contribution in [-0.4, -0.2) is 45.9 Å². The Morgan fingerprint density at radius 3 is 2.56 bits per heavy atom. The van der Waals surface area contributed by atoms with Crippen molar-refractivity contribution in [3.05, 3.63) is 53.2 Å². The number of carbonyl (C=O) groups excluding carboxylic acids is 1. The Morgan fingerprint density at radius 2 is 1.93 bits per heavy atom. The number of ether oxygens (including phenoxy) is 5. The molecule has 0 radical (unpaired) electrons. The molecule has 7 heteroatoms. The number of ketones is 1. The molecule has 1 N–H and O–H groups in total. The number of allylic oxidation sites excluding steroid dienone is 3. The Morgan fingerprint density at radius 1 is 1.19 bits per heavy atom. The van der Waals surface area contributed by atoms with Gasteiger partial charge in [-0.15, -0.1) is 0 Å². The molecule has 0 bridgehead atoms. The minimum absolute atomic E-state index is 0.0239. The van der Waals surface area contributed by atoms with Gasteiger partial charge in [0.15, 0.2) is 17.3 Å². The van der Waals surface area contributed by atoms with E-state index in [4.69, 9.17) is 23.7 Å². The zero-order chi connectivity index (χ0) is 19.8. The molecule has 1 aromatic carbocycles. The molecule has 0 amide bonds. The van der Waals surface area contributed by atoms with Crippen LogP contribution in [0.5, 0.6) is 11.5 Å². The van der Waals surface area contributed by atoms with Crippen LogP contribution < -0.4 is 9.47 Å². The minimum atomic E-state index is -0.419. The summed E-state index contributed by atoms with van der Waals surface area (Å²) >= 11 is 0. The van der Waals surface area contributed by atoms with Gasteiger partial charge in [0, 0.05) is 19.1 Å². The molecule has 0 spiro atoms. The Hall–Kier alpha value is -2.93. The number of benzene rings is 1. The van der Waals surface area contributed by atoms with Crippen LogP contribution >= 0.6 is 0 Å². The van der Waals surface area contributed by atoms with E-state index in [2.05, 4.69) is 0 Å².